The first-order valence-corrected chi connectivity index (χ1v) is 13.5. The summed E-state index contributed by atoms with van der Waals surface area (Å²) in [6.07, 6.45) is 6.68. The smallest absolute Gasteiger partial charge is 0.225 e. The Bertz CT molecular complexity index is 905. The molecule has 1 aromatic carbocycles. The molecule has 3 rings (SSSR count). The molecule has 5 N–H and O–H groups in total. The molecule has 0 radical (unpaired) electrons. The average Bonchev–Trinajstić information content (AvgIpc) is 3.36. The lowest BCUT2D eigenvalue weighted by Crippen LogP contribution is -2.16. The number of nitrogens with zero attached hydrogens (tertiary/aromatic N) is 3. The zero-order valence-electron chi connectivity index (χ0n) is 19.8. The molecule has 2 heterocycles. The van der Waals surface area contributed by atoms with Crippen LogP contribution in [0.1, 0.15) is 43.0 Å². The number of hydrogen-bond donors (Lipinski definition) is 4. The number of nitrogens with one attached hydrogen (secondary N) is 2. The van der Waals surface area contributed by atoms with E-state index in [2.05, 4.69) is 35.7 Å². The van der Waals surface area contributed by atoms with Gasteiger partial charge < -0.3 is 21.5 Å². The van der Waals surface area contributed by atoms with E-state index in [4.69, 9.17) is 15.7 Å². The van der Waals surface area contributed by atoms with Crippen LogP contribution in [-0.2, 0) is 18.7 Å². The van der Waals surface area contributed by atoms with Crippen molar-refractivity contribution >= 4 is 40.6 Å². The van der Waals surface area contributed by atoms with Gasteiger partial charge in [0.2, 0.25) is 5.95 Å². The molecule has 1 unspecified atom stereocenters. The van der Waals surface area contributed by atoms with Crippen molar-refractivity contribution in [2.45, 2.75) is 45.4 Å². The van der Waals surface area contributed by atoms with Gasteiger partial charge in [-0.2, -0.15) is 16.7 Å². The lowest BCUT2D eigenvalue weighted by atomic mass is 10.0. The number of aryl methyl sites for hydroxylation is 1. The van der Waals surface area contributed by atoms with Crippen LogP contribution in [0.3, 0.4) is 0 Å². The minimum atomic E-state index is 0.237. The molecule has 0 spiro atoms. The number of para-hydroxylation sites is 1. The highest BCUT2D eigenvalue weighted by atomic mass is 32.2. The van der Waals surface area contributed by atoms with Crippen LogP contribution in [0.2, 0.25) is 0 Å². The second kappa shape index (κ2) is 15.5. The maximum atomic E-state index is 9.38. The first-order valence-electron chi connectivity index (χ1n) is 11.3. The molecule has 0 aliphatic carbocycles. The Morgan fingerprint density at radius 2 is 1.94 bits per heavy atom. The van der Waals surface area contributed by atoms with Crippen molar-refractivity contribution in [2.75, 3.05) is 35.8 Å². The summed E-state index contributed by atoms with van der Waals surface area (Å²) in [7, 11) is 0. The van der Waals surface area contributed by atoms with Gasteiger partial charge in [0.15, 0.2) is 0 Å². The quantitative estimate of drug-likeness (QED) is 0.262. The number of aliphatic hydroxyl groups is 1. The number of thioether (sulfide) groups is 1. The van der Waals surface area contributed by atoms with E-state index in [1.54, 1.807) is 29.3 Å². The molecule has 0 bridgehead atoms. The largest absolute Gasteiger partial charge is 0.399 e. The highest BCUT2D eigenvalue weighted by Crippen LogP contribution is 2.24. The van der Waals surface area contributed by atoms with E-state index in [0.29, 0.717) is 18.4 Å². The highest BCUT2D eigenvalue weighted by Gasteiger charge is 2.14. The van der Waals surface area contributed by atoms with Crippen molar-refractivity contribution in [3.05, 3.63) is 58.2 Å². The van der Waals surface area contributed by atoms with Gasteiger partial charge in [-0.05, 0) is 37.1 Å². The van der Waals surface area contributed by atoms with Gasteiger partial charge in [-0.25, -0.2) is 9.97 Å². The van der Waals surface area contributed by atoms with Gasteiger partial charge in [0.05, 0.1) is 12.2 Å². The third-order valence-corrected chi connectivity index (χ3v) is 6.43. The summed E-state index contributed by atoms with van der Waals surface area (Å²) in [5, 5.41) is 19.1. The lowest BCUT2D eigenvalue weighted by Gasteiger charge is -2.17. The lowest BCUT2D eigenvalue weighted by molar-refractivity contribution is 0.217. The molecule has 0 fully saturated rings. The second-order valence-corrected chi connectivity index (χ2v) is 9.32. The van der Waals surface area contributed by atoms with E-state index in [-0.39, 0.29) is 6.61 Å². The van der Waals surface area contributed by atoms with E-state index < -0.39 is 0 Å². The number of nitrogen functional groups attached to an aromatic ring is 1. The third-order valence-electron chi connectivity index (χ3n) is 5.08. The third kappa shape index (κ3) is 9.57. The number of aromatic nitrogens is 3. The van der Waals surface area contributed by atoms with E-state index in [0.717, 1.165) is 53.8 Å². The number of anilines is 3. The normalized spacial score (nSPS) is 11.4. The van der Waals surface area contributed by atoms with Crippen LogP contribution >= 0.6 is 23.1 Å². The SMILES string of the molecule is CCc1nc(NCc2nccs2)nc(NCCC(CC)CO)c1CSC.Nc1ccccc1. The molecule has 0 aliphatic rings. The van der Waals surface area contributed by atoms with Crippen LogP contribution in [0.4, 0.5) is 17.5 Å². The summed E-state index contributed by atoms with van der Waals surface area (Å²) in [6, 6.07) is 9.49. The van der Waals surface area contributed by atoms with Crippen molar-refractivity contribution in [1.29, 1.82) is 0 Å². The molecule has 7 nitrogen and oxygen atoms in total. The van der Waals surface area contributed by atoms with Crippen LogP contribution in [0.5, 0.6) is 0 Å². The molecule has 180 valence electrons. The monoisotopic (exact) mass is 488 g/mol. The van der Waals surface area contributed by atoms with Crippen LogP contribution in [-0.4, -0.2) is 39.5 Å². The van der Waals surface area contributed by atoms with Gasteiger partial charge in [0, 0.05) is 41.7 Å². The number of aliphatic hydroxyl groups excluding tert-OH is 1. The first-order chi connectivity index (χ1) is 16.1. The summed E-state index contributed by atoms with van der Waals surface area (Å²) in [4.78, 5) is 13.7. The van der Waals surface area contributed by atoms with Gasteiger partial charge in [0.1, 0.15) is 10.8 Å². The molecule has 0 amide bonds. The summed E-state index contributed by atoms with van der Waals surface area (Å²) < 4.78 is 0. The zero-order chi connectivity index (χ0) is 23.9. The number of hydrogen-bond acceptors (Lipinski definition) is 9. The molecule has 33 heavy (non-hydrogen) atoms. The summed E-state index contributed by atoms with van der Waals surface area (Å²) in [5.41, 5.74) is 8.43. The Balaban J connectivity index is 0.000000468. The summed E-state index contributed by atoms with van der Waals surface area (Å²) in [5.74, 6) is 2.76. The van der Waals surface area contributed by atoms with Crippen molar-refractivity contribution in [1.82, 2.24) is 15.0 Å². The second-order valence-electron chi connectivity index (χ2n) is 7.47. The van der Waals surface area contributed by atoms with Crippen molar-refractivity contribution in [3.8, 4) is 0 Å². The van der Waals surface area contributed by atoms with Gasteiger partial charge in [-0.15, -0.1) is 11.3 Å². The number of rotatable bonds is 12. The Morgan fingerprint density at radius 3 is 2.48 bits per heavy atom. The molecular weight excluding hydrogens is 452 g/mol. The topological polar surface area (TPSA) is 109 Å². The minimum absolute atomic E-state index is 0.237. The maximum Gasteiger partial charge on any atom is 0.225 e. The summed E-state index contributed by atoms with van der Waals surface area (Å²) in [6.45, 7) is 5.90. The van der Waals surface area contributed by atoms with E-state index in [9.17, 15) is 5.11 Å². The fourth-order valence-corrected chi connectivity index (χ4v) is 4.26. The van der Waals surface area contributed by atoms with Crippen LogP contribution < -0.4 is 16.4 Å². The van der Waals surface area contributed by atoms with Crippen LogP contribution in [0, 0.1) is 5.92 Å². The predicted molar refractivity (Wildman–Crippen MR) is 143 cm³/mol. The Labute approximate surface area is 205 Å². The van der Waals surface area contributed by atoms with E-state index in [1.165, 1.54) is 5.56 Å². The Hall–Kier alpha value is -2.36. The van der Waals surface area contributed by atoms with Crippen molar-refractivity contribution in [3.63, 3.8) is 0 Å². The van der Waals surface area contributed by atoms with Crippen LogP contribution in [0.15, 0.2) is 41.9 Å². The van der Waals surface area contributed by atoms with E-state index in [1.807, 2.05) is 35.7 Å². The fourth-order valence-electron chi connectivity index (χ4n) is 3.11. The average molecular weight is 489 g/mol. The predicted octanol–water partition coefficient (Wildman–Crippen LogP) is 5.06. The molecule has 0 saturated heterocycles. The zero-order valence-corrected chi connectivity index (χ0v) is 21.4. The number of thiazole rings is 1. The van der Waals surface area contributed by atoms with Gasteiger partial charge in [0.25, 0.3) is 0 Å². The summed E-state index contributed by atoms with van der Waals surface area (Å²) >= 11 is 3.39. The highest BCUT2D eigenvalue weighted by molar-refractivity contribution is 7.97. The molecule has 3 aromatic rings. The minimum Gasteiger partial charge on any atom is -0.399 e. The molecule has 0 aliphatic heterocycles. The Morgan fingerprint density at radius 1 is 1.15 bits per heavy atom. The number of benzene rings is 1. The number of nitrogens with two attached hydrogens (primary N) is 1. The molecule has 0 saturated carbocycles. The molecular formula is C24H36N6OS2. The van der Waals surface area contributed by atoms with Gasteiger partial charge in [-0.3, -0.25) is 0 Å². The molecule has 1 atom stereocenters. The standard InChI is InChI=1S/C18H29N5OS2.C6H7N/c1-4-13(11-24)6-7-20-17-14(12-25-3)15(5-2)22-18(23-17)21-10-16-19-8-9-26-16;7-6-4-2-1-3-5-6/h8-9,13,24H,4-7,10-12H2,1-3H3,(H2,20,21,22,23);1-5H,7H2. The van der Waals surface area contributed by atoms with E-state index >= 15 is 0 Å². The van der Waals surface area contributed by atoms with Gasteiger partial charge in [-0.1, -0.05) is 38.5 Å². The molecule has 2 aromatic heterocycles. The molecule has 9 heteroatoms. The fraction of sp³-hybridized carbons (Fsp3) is 0.458. The van der Waals surface area contributed by atoms with Crippen LogP contribution in [0.25, 0.3) is 0 Å². The van der Waals surface area contributed by atoms with Crippen molar-refractivity contribution in [2.24, 2.45) is 5.92 Å². The first kappa shape index (κ1) is 26.9. The van der Waals surface area contributed by atoms with Gasteiger partial charge >= 0.3 is 0 Å². The Kier molecular flexibility index (Phi) is 12.6. The maximum absolute atomic E-state index is 9.38. The van der Waals surface area contributed by atoms with Crippen molar-refractivity contribution < 1.29 is 5.11 Å².